The lowest BCUT2D eigenvalue weighted by Gasteiger charge is -2.32. The van der Waals surface area contributed by atoms with Gasteiger partial charge in [-0.15, -0.1) is 0 Å². The van der Waals surface area contributed by atoms with Crippen molar-refractivity contribution < 1.29 is 19.1 Å². The molecule has 1 amide bonds. The van der Waals surface area contributed by atoms with Crippen LogP contribution in [0, 0.1) is 10.8 Å². The first-order valence-corrected chi connectivity index (χ1v) is 10.7. The van der Waals surface area contributed by atoms with Crippen molar-refractivity contribution in [1.29, 1.82) is 0 Å². The Balaban J connectivity index is 1.65. The first kappa shape index (κ1) is 19.3. The number of hydrogen-bond acceptors (Lipinski definition) is 4. The number of amides is 1. The molecule has 1 saturated heterocycles. The maximum absolute atomic E-state index is 13.8. The van der Waals surface area contributed by atoms with Crippen LogP contribution in [-0.4, -0.2) is 35.6 Å². The Hall–Kier alpha value is -2.66. The molecular formula is C24H22ClNO4. The number of para-hydroxylation sites is 1. The molecule has 2 aliphatic heterocycles. The zero-order valence-corrected chi connectivity index (χ0v) is 17.4. The van der Waals surface area contributed by atoms with Crippen molar-refractivity contribution in [1.82, 2.24) is 4.90 Å². The lowest BCUT2D eigenvalue weighted by atomic mass is 9.85. The average Bonchev–Trinajstić information content (AvgIpc) is 3.37. The highest BCUT2D eigenvalue weighted by Gasteiger charge is 2.88. The SMILES string of the molecule is CC1(C(=O)c2ccc(Cl)cc2)C2c3ccccc3OC(=O)C21C(=O)N1CCCCC1. The number of piperidine rings is 1. The van der Waals surface area contributed by atoms with Gasteiger partial charge in [-0.05, 0) is 56.5 Å². The van der Waals surface area contributed by atoms with Gasteiger partial charge in [-0.2, -0.15) is 0 Å². The second-order valence-corrected chi connectivity index (χ2v) is 9.00. The van der Waals surface area contributed by atoms with E-state index in [2.05, 4.69) is 0 Å². The molecule has 3 aliphatic rings. The van der Waals surface area contributed by atoms with Crippen LogP contribution in [0.4, 0.5) is 0 Å². The Bertz CT molecular complexity index is 1060. The fraction of sp³-hybridized carbons (Fsp3) is 0.375. The number of halogens is 1. The van der Waals surface area contributed by atoms with Crippen molar-refractivity contribution in [2.24, 2.45) is 10.8 Å². The standard InChI is InChI=1S/C24H22ClNO4/c1-23(20(27)15-9-11-16(25)12-10-15)19-17-7-3-4-8-18(17)30-22(29)24(19,23)21(28)26-13-5-2-6-14-26/h3-4,7-12,19H,2,5-6,13-14H2,1H3. The van der Waals surface area contributed by atoms with Crippen LogP contribution in [0.25, 0.3) is 0 Å². The number of carbonyl (C=O) groups is 3. The van der Waals surface area contributed by atoms with Crippen LogP contribution >= 0.6 is 11.6 Å². The summed E-state index contributed by atoms with van der Waals surface area (Å²) in [6, 6.07) is 13.8. The molecule has 3 atom stereocenters. The highest BCUT2D eigenvalue weighted by Crippen LogP contribution is 2.78. The number of nitrogens with zero attached hydrogens (tertiary/aromatic N) is 1. The van der Waals surface area contributed by atoms with Crippen molar-refractivity contribution in [2.45, 2.75) is 32.1 Å². The van der Waals surface area contributed by atoms with Gasteiger partial charge in [0.2, 0.25) is 5.91 Å². The zero-order valence-electron chi connectivity index (χ0n) is 16.7. The second kappa shape index (κ2) is 6.67. The fourth-order valence-corrected chi connectivity index (χ4v) is 5.60. The molecule has 2 heterocycles. The van der Waals surface area contributed by atoms with Gasteiger partial charge in [-0.25, -0.2) is 0 Å². The van der Waals surface area contributed by atoms with Gasteiger partial charge in [0, 0.05) is 35.2 Å². The summed E-state index contributed by atoms with van der Waals surface area (Å²) in [6.07, 6.45) is 2.87. The summed E-state index contributed by atoms with van der Waals surface area (Å²) in [6.45, 7) is 2.95. The number of fused-ring (bicyclic) bond motifs is 3. The summed E-state index contributed by atoms with van der Waals surface area (Å²) < 4.78 is 5.64. The van der Waals surface area contributed by atoms with Gasteiger partial charge < -0.3 is 9.64 Å². The number of ether oxygens (including phenoxy) is 1. The first-order valence-electron chi connectivity index (χ1n) is 10.3. The quantitative estimate of drug-likeness (QED) is 0.320. The molecule has 2 aromatic carbocycles. The van der Waals surface area contributed by atoms with E-state index in [1.807, 2.05) is 12.1 Å². The van der Waals surface area contributed by atoms with Gasteiger partial charge >= 0.3 is 5.97 Å². The summed E-state index contributed by atoms with van der Waals surface area (Å²) in [5.41, 5.74) is -1.55. The molecule has 0 bridgehead atoms. The van der Waals surface area contributed by atoms with Gasteiger partial charge in [0.05, 0.1) is 5.41 Å². The Morgan fingerprint density at radius 2 is 1.70 bits per heavy atom. The molecular weight excluding hydrogens is 402 g/mol. The molecule has 0 spiro atoms. The lowest BCUT2D eigenvalue weighted by Crippen LogP contribution is -2.49. The van der Waals surface area contributed by atoms with E-state index in [0.29, 0.717) is 29.4 Å². The predicted molar refractivity (Wildman–Crippen MR) is 112 cm³/mol. The number of carbonyl (C=O) groups excluding carboxylic acids is 3. The van der Waals surface area contributed by atoms with E-state index in [1.165, 1.54) is 0 Å². The minimum absolute atomic E-state index is 0.233. The van der Waals surface area contributed by atoms with Crippen molar-refractivity contribution in [3.63, 3.8) is 0 Å². The number of hydrogen-bond donors (Lipinski definition) is 0. The molecule has 5 rings (SSSR count). The molecule has 2 aromatic rings. The van der Waals surface area contributed by atoms with Crippen LogP contribution in [0.5, 0.6) is 5.75 Å². The van der Waals surface area contributed by atoms with E-state index >= 15 is 0 Å². The van der Waals surface area contributed by atoms with E-state index in [0.717, 1.165) is 24.8 Å². The number of esters is 1. The van der Waals surface area contributed by atoms with Gasteiger partial charge in [-0.1, -0.05) is 29.8 Å². The normalized spacial score (nSPS) is 29.5. The van der Waals surface area contributed by atoms with Crippen LogP contribution < -0.4 is 4.74 Å². The maximum atomic E-state index is 13.8. The van der Waals surface area contributed by atoms with E-state index in [-0.39, 0.29) is 11.7 Å². The monoisotopic (exact) mass is 423 g/mol. The molecule has 2 fully saturated rings. The van der Waals surface area contributed by atoms with Crippen molar-refractivity contribution >= 4 is 29.3 Å². The number of rotatable bonds is 3. The van der Waals surface area contributed by atoms with Gasteiger partial charge in [-0.3, -0.25) is 14.4 Å². The van der Waals surface area contributed by atoms with Gasteiger partial charge in [0.1, 0.15) is 5.75 Å². The minimum atomic E-state index is -1.52. The molecule has 1 aliphatic carbocycles. The molecule has 154 valence electrons. The lowest BCUT2D eigenvalue weighted by molar-refractivity contribution is -0.154. The number of likely N-dealkylation sites (tertiary alicyclic amines) is 1. The topological polar surface area (TPSA) is 63.7 Å². The molecule has 0 aromatic heterocycles. The molecule has 0 radical (unpaired) electrons. The van der Waals surface area contributed by atoms with Crippen LogP contribution in [0.1, 0.15) is 48.0 Å². The molecule has 0 N–H and O–H groups in total. The van der Waals surface area contributed by atoms with Crippen LogP contribution in [0.3, 0.4) is 0 Å². The fourth-order valence-electron chi connectivity index (χ4n) is 5.48. The van der Waals surface area contributed by atoms with Crippen LogP contribution in [-0.2, 0) is 9.59 Å². The Morgan fingerprint density at radius 1 is 1.03 bits per heavy atom. The Morgan fingerprint density at radius 3 is 2.40 bits per heavy atom. The van der Waals surface area contributed by atoms with E-state index in [4.69, 9.17) is 16.3 Å². The summed E-state index contributed by atoms with van der Waals surface area (Å²) in [5.74, 6) is -1.24. The third kappa shape index (κ3) is 2.38. The van der Waals surface area contributed by atoms with Crippen molar-refractivity contribution in [2.75, 3.05) is 13.1 Å². The van der Waals surface area contributed by atoms with E-state index < -0.39 is 22.7 Å². The summed E-state index contributed by atoms with van der Waals surface area (Å²) >= 11 is 5.99. The Kier molecular flexibility index (Phi) is 4.30. The Labute approximate surface area is 180 Å². The molecule has 6 heteroatoms. The number of ketones is 1. The largest absolute Gasteiger partial charge is 0.425 e. The van der Waals surface area contributed by atoms with Gasteiger partial charge in [0.15, 0.2) is 11.2 Å². The van der Waals surface area contributed by atoms with Crippen molar-refractivity contribution in [3.8, 4) is 5.75 Å². The maximum Gasteiger partial charge on any atom is 0.328 e. The van der Waals surface area contributed by atoms with E-state index in [9.17, 15) is 14.4 Å². The summed E-state index contributed by atoms with van der Waals surface area (Å²) in [5, 5.41) is 0.522. The predicted octanol–water partition coefficient (Wildman–Crippen LogP) is 4.24. The van der Waals surface area contributed by atoms with Crippen LogP contribution in [0.2, 0.25) is 5.02 Å². The first-order chi connectivity index (χ1) is 14.4. The smallest absolute Gasteiger partial charge is 0.328 e. The minimum Gasteiger partial charge on any atom is -0.425 e. The average molecular weight is 424 g/mol. The highest BCUT2D eigenvalue weighted by atomic mass is 35.5. The number of benzene rings is 2. The van der Waals surface area contributed by atoms with Crippen LogP contribution in [0.15, 0.2) is 48.5 Å². The zero-order chi connectivity index (χ0) is 21.1. The molecule has 1 saturated carbocycles. The second-order valence-electron chi connectivity index (χ2n) is 8.56. The van der Waals surface area contributed by atoms with Gasteiger partial charge in [0.25, 0.3) is 0 Å². The highest BCUT2D eigenvalue weighted by molar-refractivity contribution is 6.30. The molecule has 3 unspecified atom stereocenters. The van der Waals surface area contributed by atoms with E-state index in [1.54, 1.807) is 48.2 Å². The third-order valence-electron chi connectivity index (χ3n) is 7.06. The number of Topliss-reactive ketones (excluding diaryl/α,β-unsaturated/α-hetero) is 1. The molecule has 5 nitrogen and oxygen atoms in total. The van der Waals surface area contributed by atoms with Crippen molar-refractivity contribution in [3.05, 3.63) is 64.7 Å². The molecule has 30 heavy (non-hydrogen) atoms. The third-order valence-corrected chi connectivity index (χ3v) is 7.31. The summed E-state index contributed by atoms with van der Waals surface area (Å²) in [7, 11) is 0. The summed E-state index contributed by atoms with van der Waals surface area (Å²) in [4.78, 5) is 42.6.